The van der Waals surface area contributed by atoms with Gasteiger partial charge in [0.15, 0.2) is 9.84 Å². The van der Waals surface area contributed by atoms with Crippen LogP contribution >= 0.6 is 11.6 Å². The zero-order valence-electron chi connectivity index (χ0n) is 12.3. The second-order valence-corrected chi connectivity index (χ2v) is 7.61. The average Bonchev–Trinajstić information content (AvgIpc) is 2.40. The second-order valence-electron chi connectivity index (χ2n) is 5.19. The van der Waals surface area contributed by atoms with Crippen LogP contribution in [0.25, 0.3) is 0 Å². The van der Waals surface area contributed by atoms with Gasteiger partial charge in [-0.1, -0.05) is 29.8 Å². The predicted molar refractivity (Wildman–Crippen MR) is 87.8 cm³/mol. The van der Waals surface area contributed by atoms with Crippen LogP contribution in [0.15, 0.2) is 41.3 Å². The Morgan fingerprint density at radius 2 is 1.76 bits per heavy atom. The number of hydrogen-bond acceptors (Lipinski definition) is 3. The molecule has 0 aliphatic heterocycles. The van der Waals surface area contributed by atoms with Crippen LogP contribution in [-0.2, 0) is 16.4 Å². The molecule has 2 aromatic rings. The Balaban J connectivity index is 2.21. The Bertz CT molecular complexity index is 770. The van der Waals surface area contributed by atoms with Crippen molar-refractivity contribution in [1.29, 1.82) is 0 Å². The molecule has 2 aromatic carbocycles. The summed E-state index contributed by atoms with van der Waals surface area (Å²) >= 11 is 6.11. The van der Waals surface area contributed by atoms with E-state index in [1.54, 1.807) is 12.1 Å². The highest BCUT2D eigenvalue weighted by Crippen LogP contribution is 2.26. The maximum atomic E-state index is 11.6. The maximum Gasteiger partial charge on any atom is 0.175 e. The Morgan fingerprint density at radius 3 is 2.38 bits per heavy atom. The summed E-state index contributed by atoms with van der Waals surface area (Å²) in [5.74, 6) is 0. The number of aryl methyl sites for hydroxylation is 2. The van der Waals surface area contributed by atoms with Gasteiger partial charge < -0.3 is 5.32 Å². The molecule has 21 heavy (non-hydrogen) atoms. The molecule has 1 N–H and O–H groups in total. The van der Waals surface area contributed by atoms with Gasteiger partial charge in [0, 0.05) is 12.8 Å². The molecule has 0 bridgehead atoms. The molecule has 0 aliphatic carbocycles. The van der Waals surface area contributed by atoms with Gasteiger partial charge in [0.05, 0.1) is 15.6 Å². The molecule has 0 aliphatic rings. The molecule has 0 aromatic heterocycles. The van der Waals surface area contributed by atoms with Crippen LogP contribution in [0.4, 0.5) is 5.69 Å². The Morgan fingerprint density at radius 1 is 1.05 bits per heavy atom. The molecule has 0 saturated heterocycles. The zero-order valence-corrected chi connectivity index (χ0v) is 13.8. The van der Waals surface area contributed by atoms with Crippen molar-refractivity contribution < 1.29 is 8.42 Å². The van der Waals surface area contributed by atoms with Crippen molar-refractivity contribution in [1.82, 2.24) is 0 Å². The van der Waals surface area contributed by atoms with E-state index in [1.165, 1.54) is 23.4 Å². The van der Waals surface area contributed by atoms with Crippen molar-refractivity contribution in [3.63, 3.8) is 0 Å². The smallest absolute Gasteiger partial charge is 0.175 e. The minimum atomic E-state index is -3.24. The van der Waals surface area contributed by atoms with Crippen LogP contribution in [0.5, 0.6) is 0 Å². The largest absolute Gasteiger partial charge is 0.380 e. The lowest BCUT2D eigenvalue weighted by Crippen LogP contribution is -2.03. The zero-order chi connectivity index (χ0) is 15.6. The summed E-state index contributed by atoms with van der Waals surface area (Å²) in [4.78, 5) is 0.259. The lowest BCUT2D eigenvalue weighted by molar-refractivity contribution is 0.602. The monoisotopic (exact) mass is 323 g/mol. The van der Waals surface area contributed by atoms with Crippen LogP contribution in [-0.4, -0.2) is 14.7 Å². The third-order valence-corrected chi connectivity index (χ3v) is 4.86. The maximum absolute atomic E-state index is 11.6. The number of benzene rings is 2. The summed E-state index contributed by atoms with van der Waals surface area (Å²) in [7, 11) is -3.24. The quantitative estimate of drug-likeness (QED) is 0.926. The van der Waals surface area contributed by atoms with E-state index in [0.29, 0.717) is 17.3 Å². The highest BCUT2D eigenvalue weighted by atomic mass is 35.5. The second kappa shape index (κ2) is 6.08. The van der Waals surface area contributed by atoms with Gasteiger partial charge in [-0.15, -0.1) is 0 Å². The lowest BCUT2D eigenvalue weighted by Gasteiger charge is -2.11. The molecule has 0 atom stereocenters. The van der Waals surface area contributed by atoms with E-state index >= 15 is 0 Å². The molecular weight excluding hydrogens is 306 g/mol. The average molecular weight is 324 g/mol. The standard InChI is InChI=1S/C16H18ClNO2S/c1-11-4-5-13(8-12(11)2)10-18-16-9-14(21(3,19)20)6-7-15(16)17/h4-9,18H,10H2,1-3H3. The summed E-state index contributed by atoms with van der Waals surface area (Å²) in [6, 6.07) is 10.9. The molecular formula is C16H18ClNO2S. The molecule has 0 unspecified atom stereocenters. The molecule has 0 spiro atoms. The van der Waals surface area contributed by atoms with Crippen LogP contribution in [0.3, 0.4) is 0 Å². The summed E-state index contributed by atoms with van der Waals surface area (Å²) in [6.45, 7) is 4.73. The first-order valence-corrected chi connectivity index (χ1v) is 8.84. The van der Waals surface area contributed by atoms with Crippen LogP contribution in [0.2, 0.25) is 5.02 Å². The number of halogens is 1. The summed E-state index contributed by atoms with van der Waals surface area (Å²) < 4.78 is 23.2. The molecule has 5 heteroatoms. The van der Waals surface area contributed by atoms with Gasteiger partial charge in [-0.25, -0.2) is 8.42 Å². The summed E-state index contributed by atoms with van der Waals surface area (Å²) in [6.07, 6.45) is 1.18. The molecule has 0 radical (unpaired) electrons. The number of nitrogens with one attached hydrogen (secondary N) is 1. The Labute approximate surface area is 130 Å². The van der Waals surface area contributed by atoms with Gasteiger partial charge in [0.25, 0.3) is 0 Å². The van der Waals surface area contributed by atoms with Gasteiger partial charge in [0.2, 0.25) is 0 Å². The molecule has 112 valence electrons. The summed E-state index contributed by atoms with van der Waals surface area (Å²) in [5.41, 5.74) is 4.22. The summed E-state index contributed by atoms with van der Waals surface area (Å²) in [5, 5.41) is 3.70. The lowest BCUT2D eigenvalue weighted by atomic mass is 10.1. The van der Waals surface area contributed by atoms with Gasteiger partial charge >= 0.3 is 0 Å². The molecule has 0 saturated carbocycles. The molecule has 0 fully saturated rings. The van der Waals surface area contributed by atoms with Crippen LogP contribution in [0.1, 0.15) is 16.7 Å². The van der Waals surface area contributed by atoms with E-state index in [4.69, 9.17) is 11.6 Å². The fourth-order valence-electron chi connectivity index (χ4n) is 1.98. The van der Waals surface area contributed by atoms with Crippen molar-refractivity contribution in [2.45, 2.75) is 25.3 Å². The minimum Gasteiger partial charge on any atom is -0.380 e. The van der Waals surface area contributed by atoms with E-state index in [0.717, 1.165) is 5.56 Å². The van der Waals surface area contributed by atoms with Crippen molar-refractivity contribution in [2.24, 2.45) is 0 Å². The topological polar surface area (TPSA) is 46.2 Å². The Kier molecular flexibility index (Phi) is 4.59. The van der Waals surface area contributed by atoms with Crippen molar-refractivity contribution in [3.05, 3.63) is 58.1 Å². The highest BCUT2D eigenvalue weighted by Gasteiger charge is 2.10. The SMILES string of the molecule is Cc1ccc(CNc2cc(S(C)(=O)=O)ccc2Cl)cc1C. The first-order chi connectivity index (χ1) is 9.77. The fourth-order valence-corrected chi connectivity index (χ4v) is 2.81. The van der Waals surface area contributed by atoms with E-state index in [-0.39, 0.29) is 4.90 Å². The van der Waals surface area contributed by atoms with Gasteiger partial charge in [-0.05, 0) is 48.7 Å². The third kappa shape index (κ3) is 3.99. The number of rotatable bonds is 4. The van der Waals surface area contributed by atoms with Gasteiger partial charge in [-0.3, -0.25) is 0 Å². The predicted octanol–water partition coefficient (Wildman–Crippen LogP) is 3.97. The minimum absolute atomic E-state index is 0.259. The van der Waals surface area contributed by atoms with E-state index in [2.05, 4.69) is 31.3 Å². The number of hydrogen-bond donors (Lipinski definition) is 1. The van der Waals surface area contributed by atoms with Crippen molar-refractivity contribution in [3.8, 4) is 0 Å². The first-order valence-electron chi connectivity index (χ1n) is 6.57. The normalized spacial score (nSPS) is 11.4. The fraction of sp³-hybridized carbons (Fsp3) is 0.250. The van der Waals surface area contributed by atoms with E-state index < -0.39 is 9.84 Å². The Hall–Kier alpha value is -1.52. The molecule has 0 amide bonds. The van der Waals surface area contributed by atoms with Gasteiger partial charge in [-0.2, -0.15) is 0 Å². The third-order valence-electron chi connectivity index (χ3n) is 3.42. The van der Waals surface area contributed by atoms with Gasteiger partial charge in [0.1, 0.15) is 0 Å². The highest BCUT2D eigenvalue weighted by molar-refractivity contribution is 7.90. The first kappa shape index (κ1) is 15.9. The van der Waals surface area contributed by atoms with Crippen molar-refractivity contribution >= 4 is 27.1 Å². The van der Waals surface area contributed by atoms with E-state index in [9.17, 15) is 8.42 Å². The number of sulfone groups is 1. The molecule has 0 heterocycles. The van der Waals surface area contributed by atoms with E-state index in [1.807, 2.05) is 6.07 Å². The molecule has 3 nitrogen and oxygen atoms in total. The van der Waals surface area contributed by atoms with Crippen LogP contribution < -0.4 is 5.32 Å². The van der Waals surface area contributed by atoms with Crippen molar-refractivity contribution in [2.75, 3.05) is 11.6 Å². The molecule has 2 rings (SSSR count). The van der Waals surface area contributed by atoms with Crippen LogP contribution in [0, 0.1) is 13.8 Å². The number of anilines is 1.